The van der Waals surface area contributed by atoms with Crippen molar-refractivity contribution >= 4 is 28.1 Å². The molecule has 8 heteroatoms. The van der Waals surface area contributed by atoms with Gasteiger partial charge in [-0.25, -0.2) is 4.98 Å². The van der Waals surface area contributed by atoms with Gasteiger partial charge in [-0.1, -0.05) is 12.1 Å². The van der Waals surface area contributed by atoms with E-state index in [2.05, 4.69) is 10.3 Å². The van der Waals surface area contributed by atoms with Gasteiger partial charge in [-0.3, -0.25) is 4.79 Å². The molecule has 0 amide bonds. The van der Waals surface area contributed by atoms with E-state index in [0.717, 1.165) is 16.7 Å². The number of nitrogens with one attached hydrogen (secondary N) is 2. The van der Waals surface area contributed by atoms with Crippen molar-refractivity contribution in [2.45, 2.75) is 12.0 Å². The lowest BCUT2D eigenvalue weighted by Gasteiger charge is -2.36. The van der Waals surface area contributed by atoms with Crippen LogP contribution in [0, 0.1) is 0 Å². The van der Waals surface area contributed by atoms with Crippen molar-refractivity contribution in [3.05, 3.63) is 54.1 Å². The number of carbonyl (C=O) groups excluding carboxylic acids is 1. The van der Waals surface area contributed by atoms with E-state index in [1.54, 1.807) is 14.2 Å². The normalized spacial score (nSPS) is 20.9. The van der Waals surface area contributed by atoms with E-state index in [9.17, 15) is 4.79 Å². The molecule has 5 rings (SSSR count). The number of Topliss-reactive ketones (excluding diaryl/α,β-unsaturated/α-hetero) is 1. The molecule has 160 valence electrons. The Kier molecular flexibility index (Phi) is 4.59. The number of anilines is 1. The molecule has 0 bridgehead atoms. The maximum Gasteiger partial charge on any atom is 0.198 e. The first-order valence-corrected chi connectivity index (χ1v) is 10.1. The van der Waals surface area contributed by atoms with Gasteiger partial charge in [0.2, 0.25) is 0 Å². The molecule has 31 heavy (non-hydrogen) atoms. The predicted octanol–water partition coefficient (Wildman–Crippen LogP) is 2.72. The Hall–Kier alpha value is -3.52. The van der Waals surface area contributed by atoms with Crippen molar-refractivity contribution in [3.63, 3.8) is 0 Å². The number of para-hydroxylation sites is 2. The summed E-state index contributed by atoms with van der Waals surface area (Å²) < 4.78 is 16.7. The smallest absolute Gasteiger partial charge is 0.198 e. The fraction of sp³-hybridized carbons (Fsp3) is 0.304. The number of hydrogen-bond donors (Lipinski definition) is 2. The fourth-order valence-electron chi connectivity index (χ4n) is 4.50. The Balaban J connectivity index is 1.74. The number of ether oxygens (including phenoxy) is 3. The second-order valence-electron chi connectivity index (χ2n) is 7.65. The minimum absolute atomic E-state index is 0.0183. The molecule has 0 aliphatic carbocycles. The summed E-state index contributed by atoms with van der Waals surface area (Å²) in [5.74, 6) is 2.48. The van der Waals surface area contributed by atoms with Gasteiger partial charge in [-0.15, -0.1) is 0 Å². The third-order valence-corrected chi connectivity index (χ3v) is 6.00. The predicted molar refractivity (Wildman–Crippen MR) is 117 cm³/mol. The summed E-state index contributed by atoms with van der Waals surface area (Å²) in [6.07, 6.45) is 0.570. The van der Waals surface area contributed by atoms with Crippen LogP contribution >= 0.6 is 0 Å². The number of H-pyrrole nitrogens is 1. The Labute approximate surface area is 179 Å². The lowest BCUT2D eigenvalue weighted by atomic mass is 9.90. The van der Waals surface area contributed by atoms with Crippen molar-refractivity contribution in [3.8, 4) is 11.5 Å². The molecule has 1 aromatic heterocycles. The van der Waals surface area contributed by atoms with Gasteiger partial charge >= 0.3 is 0 Å². The van der Waals surface area contributed by atoms with Crippen LogP contribution in [0.15, 0.2) is 48.3 Å². The van der Waals surface area contributed by atoms with Gasteiger partial charge in [0.1, 0.15) is 34.3 Å². The second-order valence-corrected chi connectivity index (χ2v) is 7.65. The Morgan fingerprint density at radius 2 is 1.90 bits per heavy atom. The van der Waals surface area contributed by atoms with E-state index in [0.29, 0.717) is 48.4 Å². The highest BCUT2D eigenvalue weighted by Gasteiger charge is 2.56. The van der Waals surface area contributed by atoms with E-state index in [-0.39, 0.29) is 5.78 Å². The van der Waals surface area contributed by atoms with Crippen molar-refractivity contribution in [1.29, 1.82) is 0 Å². The highest BCUT2D eigenvalue weighted by Crippen LogP contribution is 2.46. The second kappa shape index (κ2) is 7.31. The molecule has 2 aromatic carbocycles. The maximum atomic E-state index is 13.9. The summed E-state index contributed by atoms with van der Waals surface area (Å²) in [5.41, 5.74) is 2.14. The van der Waals surface area contributed by atoms with Crippen LogP contribution in [0.5, 0.6) is 11.5 Å². The van der Waals surface area contributed by atoms with Crippen molar-refractivity contribution < 1.29 is 19.0 Å². The van der Waals surface area contributed by atoms with E-state index in [1.807, 2.05) is 54.4 Å². The van der Waals surface area contributed by atoms with Crippen LogP contribution < -0.4 is 19.7 Å². The van der Waals surface area contributed by atoms with Crippen LogP contribution in [-0.4, -0.2) is 55.8 Å². The molecular weight excluding hydrogens is 396 g/mol. The maximum absolute atomic E-state index is 13.9. The lowest BCUT2D eigenvalue weighted by Crippen LogP contribution is -2.51. The number of hydrogen-bond acceptors (Lipinski definition) is 7. The molecule has 3 heterocycles. The fourth-order valence-corrected chi connectivity index (χ4v) is 4.50. The minimum Gasteiger partial charge on any atom is -0.497 e. The molecule has 3 aromatic rings. The summed E-state index contributed by atoms with van der Waals surface area (Å²) in [6, 6.07) is 13.3. The Morgan fingerprint density at radius 1 is 1.16 bits per heavy atom. The van der Waals surface area contributed by atoms with Crippen LogP contribution in [-0.2, 0) is 9.53 Å². The van der Waals surface area contributed by atoms with Crippen molar-refractivity contribution in [2.75, 3.05) is 39.4 Å². The zero-order valence-corrected chi connectivity index (χ0v) is 17.7. The topological polar surface area (TPSA) is 88.7 Å². The Morgan fingerprint density at radius 3 is 2.52 bits per heavy atom. The third kappa shape index (κ3) is 2.86. The molecule has 1 saturated heterocycles. The molecule has 0 radical (unpaired) electrons. The minimum atomic E-state index is -0.857. The SMILES string of the molecule is CNC1=C(c2nc3ccccc3[nH]2)C(=O)[C@@]2(CCOC2)N1c1cc(OC)cc(OC)c1. The van der Waals surface area contributed by atoms with Gasteiger partial charge in [0.05, 0.1) is 37.5 Å². The standard InChI is InChI=1S/C23H24N4O4/c1-24-22-19(21-25-17-6-4-5-7-18(17)26-21)20(28)23(8-9-31-13-23)27(22)14-10-15(29-2)12-16(11-14)30-3/h4-7,10-12,24H,8-9,13H2,1-3H3,(H,25,26)/t23-/m0/s1. The summed E-state index contributed by atoms with van der Waals surface area (Å²) in [4.78, 5) is 23.9. The van der Waals surface area contributed by atoms with Gasteiger partial charge in [0, 0.05) is 38.3 Å². The number of methoxy groups -OCH3 is 2. The highest BCUT2D eigenvalue weighted by atomic mass is 16.5. The van der Waals surface area contributed by atoms with Crippen LogP contribution in [0.1, 0.15) is 12.2 Å². The van der Waals surface area contributed by atoms with Crippen LogP contribution in [0.4, 0.5) is 5.69 Å². The monoisotopic (exact) mass is 420 g/mol. The van der Waals surface area contributed by atoms with Gasteiger partial charge in [0.15, 0.2) is 5.78 Å². The number of fused-ring (bicyclic) bond motifs is 1. The molecular formula is C23H24N4O4. The number of ketones is 1. The molecule has 0 unspecified atom stereocenters. The van der Waals surface area contributed by atoms with Crippen LogP contribution in [0.3, 0.4) is 0 Å². The van der Waals surface area contributed by atoms with Gasteiger partial charge in [-0.2, -0.15) is 0 Å². The average molecular weight is 420 g/mol. The quantitative estimate of drug-likeness (QED) is 0.656. The molecule has 2 aliphatic rings. The van der Waals surface area contributed by atoms with Crippen molar-refractivity contribution in [2.24, 2.45) is 0 Å². The number of aromatic amines is 1. The molecule has 2 aliphatic heterocycles. The molecule has 0 saturated carbocycles. The van der Waals surface area contributed by atoms with E-state index < -0.39 is 5.54 Å². The molecule has 8 nitrogen and oxygen atoms in total. The van der Waals surface area contributed by atoms with Crippen molar-refractivity contribution in [1.82, 2.24) is 15.3 Å². The van der Waals surface area contributed by atoms with E-state index in [1.165, 1.54) is 0 Å². The number of nitrogens with zero attached hydrogens (tertiary/aromatic N) is 2. The molecule has 2 N–H and O–H groups in total. The largest absolute Gasteiger partial charge is 0.497 e. The summed E-state index contributed by atoms with van der Waals surface area (Å²) >= 11 is 0. The Bertz CT molecular complexity index is 1140. The van der Waals surface area contributed by atoms with Gasteiger partial charge in [-0.05, 0) is 12.1 Å². The van der Waals surface area contributed by atoms with Crippen LogP contribution in [0.2, 0.25) is 0 Å². The first-order chi connectivity index (χ1) is 15.1. The number of aromatic nitrogens is 2. The third-order valence-electron chi connectivity index (χ3n) is 6.00. The van der Waals surface area contributed by atoms with Gasteiger partial charge < -0.3 is 29.4 Å². The number of rotatable bonds is 5. The zero-order chi connectivity index (χ0) is 21.6. The number of benzene rings is 2. The lowest BCUT2D eigenvalue weighted by molar-refractivity contribution is -0.117. The molecule has 1 spiro atoms. The number of imidazole rings is 1. The summed E-state index contributed by atoms with van der Waals surface area (Å²) in [5, 5.41) is 3.25. The summed E-state index contributed by atoms with van der Waals surface area (Å²) in [7, 11) is 5.03. The first-order valence-electron chi connectivity index (χ1n) is 10.1. The molecule has 1 atom stereocenters. The van der Waals surface area contributed by atoms with Gasteiger partial charge in [0.25, 0.3) is 0 Å². The average Bonchev–Trinajstić information content (AvgIpc) is 3.50. The summed E-state index contributed by atoms with van der Waals surface area (Å²) in [6.45, 7) is 0.800. The zero-order valence-electron chi connectivity index (χ0n) is 17.7. The first kappa shape index (κ1) is 19.4. The van der Waals surface area contributed by atoms with E-state index in [4.69, 9.17) is 19.2 Å². The number of carbonyl (C=O) groups is 1. The molecule has 1 fully saturated rings. The van der Waals surface area contributed by atoms with Crippen LogP contribution in [0.25, 0.3) is 16.6 Å². The highest BCUT2D eigenvalue weighted by molar-refractivity contribution is 6.30. The van der Waals surface area contributed by atoms with E-state index >= 15 is 0 Å².